The topological polar surface area (TPSA) is 80.6 Å². The molecule has 0 spiro atoms. The Morgan fingerprint density at radius 2 is 2.07 bits per heavy atom. The van der Waals surface area contributed by atoms with Gasteiger partial charge < -0.3 is 18.9 Å². The lowest BCUT2D eigenvalue weighted by atomic mass is 10.1. The molecule has 0 aliphatic carbocycles. The van der Waals surface area contributed by atoms with Gasteiger partial charge in [0.15, 0.2) is 11.6 Å². The highest BCUT2D eigenvalue weighted by Crippen LogP contribution is 2.28. The number of hydrogen-bond acceptors (Lipinski definition) is 6. The lowest BCUT2D eigenvalue weighted by molar-refractivity contribution is 0.235. The van der Waals surface area contributed by atoms with E-state index in [4.69, 9.17) is 13.9 Å². The monoisotopic (exact) mass is 395 g/mol. The Hall–Kier alpha value is -3.06. The first-order chi connectivity index (χ1) is 14.2. The molecule has 0 fully saturated rings. The van der Waals surface area contributed by atoms with E-state index in [0.29, 0.717) is 49.9 Å². The maximum atomic E-state index is 12.7. The van der Waals surface area contributed by atoms with Gasteiger partial charge in [0.05, 0.1) is 30.7 Å². The lowest BCUT2D eigenvalue weighted by Gasteiger charge is -2.28. The third-order valence-electron chi connectivity index (χ3n) is 4.94. The smallest absolute Gasteiger partial charge is 0.256 e. The predicted molar refractivity (Wildman–Crippen MR) is 109 cm³/mol. The van der Waals surface area contributed by atoms with E-state index < -0.39 is 0 Å². The van der Waals surface area contributed by atoms with E-state index in [1.54, 1.807) is 18.4 Å². The van der Waals surface area contributed by atoms with Gasteiger partial charge in [-0.05, 0) is 44.2 Å². The summed E-state index contributed by atoms with van der Waals surface area (Å²) in [7, 11) is 0. The summed E-state index contributed by atoms with van der Waals surface area (Å²) in [5, 5.41) is 0. The summed E-state index contributed by atoms with van der Waals surface area (Å²) in [4.78, 5) is 22.4. The third kappa shape index (κ3) is 4.19. The van der Waals surface area contributed by atoms with E-state index in [0.717, 1.165) is 29.3 Å². The van der Waals surface area contributed by atoms with Gasteiger partial charge in [0, 0.05) is 31.6 Å². The zero-order chi connectivity index (χ0) is 20.2. The van der Waals surface area contributed by atoms with Gasteiger partial charge >= 0.3 is 0 Å². The van der Waals surface area contributed by atoms with Crippen molar-refractivity contribution in [1.29, 1.82) is 0 Å². The Bertz CT molecular complexity index is 1030. The van der Waals surface area contributed by atoms with Crippen LogP contribution in [0, 0.1) is 0 Å². The minimum absolute atomic E-state index is 0.112. The Morgan fingerprint density at radius 1 is 1.21 bits per heavy atom. The van der Waals surface area contributed by atoms with E-state index >= 15 is 0 Å². The highest BCUT2D eigenvalue weighted by atomic mass is 16.5. The second-order valence-electron chi connectivity index (χ2n) is 6.91. The minimum Gasteiger partial charge on any atom is -0.494 e. The first kappa shape index (κ1) is 19.3. The van der Waals surface area contributed by atoms with E-state index in [9.17, 15) is 4.79 Å². The van der Waals surface area contributed by atoms with Gasteiger partial charge in [-0.25, -0.2) is 4.98 Å². The summed E-state index contributed by atoms with van der Waals surface area (Å²) in [6.45, 7) is 7.18. The van der Waals surface area contributed by atoms with Gasteiger partial charge in [-0.1, -0.05) is 0 Å². The molecule has 1 N–H and O–H groups in total. The molecule has 1 aliphatic heterocycles. The van der Waals surface area contributed by atoms with Crippen LogP contribution in [-0.2, 0) is 19.5 Å². The molecule has 0 bridgehead atoms. The highest BCUT2D eigenvalue weighted by molar-refractivity contribution is 5.47. The maximum absolute atomic E-state index is 12.7. The summed E-state index contributed by atoms with van der Waals surface area (Å²) < 4.78 is 16.8. The van der Waals surface area contributed by atoms with Crippen LogP contribution in [0.2, 0.25) is 0 Å². The molecule has 3 aromatic rings. The summed E-state index contributed by atoms with van der Waals surface area (Å²) in [5.74, 6) is 2.73. The molecule has 0 saturated heterocycles. The van der Waals surface area contributed by atoms with Crippen LogP contribution in [0.4, 0.5) is 0 Å². The number of furan rings is 1. The van der Waals surface area contributed by atoms with Crippen molar-refractivity contribution in [2.45, 2.75) is 33.4 Å². The SMILES string of the molecule is CCOc1ccc(OCC)c(CN2CCc3nc(-c4ccco4)[nH]c(=O)c3C2)c1. The van der Waals surface area contributed by atoms with Crippen LogP contribution < -0.4 is 15.0 Å². The van der Waals surface area contributed by atoms with Crippen molar-refractivity contribution in [2.75, 3.05) is 19.8 Å². The van der Waals surface area contributed by atoms with E-state index in [2.05, 4.69) is 14.9 Å². The minimum atomic E-state index is -0.112. The van der Waals surface area contributed by atoms with Crippen molar-refractivity contribution in [1.82, 2.24) is 14.9 Å². The van der Waals surface area contributed by atoms with Crippen molar-refractivity contribution >= 4 is 0 Å². The van der Waals surface area contributed by atoms with E-state index in [-0.39, 0.29) is 5.56 Å². The van der Waals surface area contributed by atoms with Gasteiger partial charge in [0.1, 0.15) is 11.5 Å². The van der Waals surface area contributed by atoms with Crippen LogP contribution in [-0.4, -0.2) is 34.6 Å². The fourth-order valence-corrected chi connectivity index (χ4v) is 3.62. The van der Waals surface area contributed by atoms with Gasteiger partial charge in [0.2, 0.25) is 0 Å². The zero-order valence-corrected chi connectivity index (χ0v) is 16.7. The molecule has 0 radical (unpaired) electrons. The predicted octanol–water partition coefficient (Wildman–Crippen LogP) is 3.39. The summed E-state index contributed by atoms with van der Waals surface area (Å²) in [5.41, 5.74) is 2.49. The summed E-state index contributed by atoms with van der Waals surface area (Å²) in [6.07, 6.45) is 2.28. The number of rotatable bonds is 7. The zero-order valence-electron chi connectivity index (χ0n) is 16.7. The van der Waals surface area contributed by atoms with Crippen LogP contribution in [0.15, 0.2) is 45.8 Å². The standard InChI is InChI=1S/C22H25N3O4/c1-3-27-16-7-8-19(28-4-2)15(12-16)13-25-10-9-18-17(14-25)22(26)24-21(23-18)20-6-5-11-29-20/h5-8,11-12H,3-4,9-10,13-14H2,1-2H3,(H,23,24,26). The molecule has 3 heterocycles. The molecule has 0 atom stereocenters. The lowest BCUT2D eigenvalue weighted by Crippen LogP contribution is -2.35. The summed E-state index contributed by atoms with van der Waals surface area (Å²) in [6, 6.07) is 9.47. The fourth-order valence-electron chi connectivity index (χ4n) is 3.62. The van der Waals surface area contributed by atoms with Crippen molar-refractivity contribution in [3.8, 4) is 23.1 Å². The van der Waals surface area contributed by atoms with Crippen LogP contribution in [0.1, 0.15) is 30.7 Å². The molecule has 0 unspecified atom stereocenters. The van der Waals surface area contributed by atoms with Crippen molar-refractivity contribution in [3.05, 3.63) is 63.8 Å². The number of aromatic amines is 1. The van der Waals surface area contributed by atoms with Crippen LogP contribution in [0.25, 0.3) is 11.6 Å². The summed E-state index contributed by atoms with van der Waals surface area (Å²) >= 11 is 0. The Morgan fingerprint density at radius 3 is 2.83 bits per heavy atom. The molecule has 0 saturated carbocycles. The van der Waals surface area contributed by atoms with Crippen molar-refractivity contribution in [2.24, 2.45) is 0 Å². The molecular weight excluding hydrogens is 370 g/mol. The number of nitrogens with one attached hydrogen (secondary N) is 1. The van der Waals surface area contributed by atoms with Crippen LogP contribution >= 0.6 is 0 Å². The van der Waals surface area contributed by atoms with E-state index in [1.807, 2.05) is 32.0 Å². The highest BCUT2D eigenvalue weighted by Gasteiger charge is 2.23. The number of ether oxygens (including phenoxy) is 2. The second kappa shape index (κ2) is 8.53. The van der Waals surface area contributed by atoms with Gasteiger partial charge in [0.25, 0.3) is 5.56 Å². The molecule has 1 aromatic carbocycles. The van der Waals surface area contributed by atoms with Gasteiger partial charge in [-0.2, -0.15) is 0 Å². The first-order valence-electron chi connectivity index (χ1n) is 9.94. The van der Waals surface area contributed by atoms with Gasteiger partial charge in [-0.3, -0.25) is 9.69 Å². The fraction of sp³-hybridized carbons (Fsp3) is 0.364. The first-order valence-corrected chi connectivity index (χ1v) is 9.94. The molecule has 1 aliphatic rings. The molecular formula is C22H25N3O4. The normalized spacial score (nSPS) is 13.9. The second-order valence-corrected chi connectivity index (χ2v) is 6.91. The number of aromatic nitrogens is 2. The number of nitrogens with zero attached hydrogens (tertiary/aromatic N) is 2. The third-order valence-corrected chi connectivity index (χ3v) is 4.94. The Balaban J connectivity index is 1.56. The molecule has 7 nitrogen and oxygen atoms in total. The molecule has 7 heteroatoms. The van der Waals surface area contributed by atoms with Crippen molar-refractivity contribution < 1.29 is 13.9 Å². The van der Waals surface area contributed by atoms with E-state index in [1.165, 1.54) is 0 Å². The number of fused-ring (bicyclic) bond motifs is 1. The Labute approximate surface area is 169 Å². The number of hydrogen-bond donors (Lipinski definition) is 1. The number of H-pyrrole nitrogens is 1. The average Bonchev–Trinajstić information content (AvgIpc) is 3.25. The average molecular weight is 395 g/mol. The van der Waals surface area contributed by atoms with Crippen molar-refractivity contribution in [3.63, 3.8) is 0 Å². The van der Waals surface area contributed by atoms with Crippen LogP contribution in [0.5, 0.6) is 11.5 Å². The largest absolute Gasteiger partial charge is 0.494 e. The Kier molecular flexibility index (Phi) is 5.67. The maximum Gasteiger partial charge on any atom is 0.256 e. The van der Waals surface area contributed by atoms with Crippen LogP contribution in [0.3, 0.4) is 0 Å². The quantitative estimate of drug-likeness (QED) is 0.661. The molecule has 0 amide bonds. The molecule has 2 aromatic heterocycles. The molecule has 29 heavy (non-hydrogen) atoms. The molecule has 4 rings (SSSR count). The number of benzene rings is 1. The molecule has 152 valence electrons. The van der Waals surface area contributed by atoms with Gasteiger partial charge in [-0.15, -0.1) is 0 Å².